The Bertz CT molecular complexity index is 1070. The number of hydrogen-bond donors (Lipinski definition) is 6. The van der Waals surface area contributed by atoms with Crippen molar-refractivity contribution in [2.45, 2.75) is 35.9 Å². The van der Waals surface area contributed by atoms with Gasteiger partial charge in [-0.15, -0.1) is 0 Å². The third kappa shape index (κ3) is 3.31. The number of aliphatic imine (C=N–C) groups is 2. The molecule has 1 amide bonds. The summed E-state index contributed by atoms with van der Waals surface area (Å²) < 4.78 is 79.3. The van der Waals surface area contributed by atoms with Crippen molar-refractivity contribution in [2.75, 3.05) is 13.1 Å². The van der Waals surface area contributed by atoms with Crippen molar-refractivity contribution < 1.29 is 41.4 Å². The van der Waals surface area contributed by atoms with Gasteiger partial charge in [-0.1, -0.05) is 0 Å². The molecule has 3 unspecified atom stereocenters. The second-order valence-electron chi connectivity index (χ2n) is 7.74. The van der Waals surface area contributed by atoms with Crippen LogP contribution in [0, 0.1) is 0 Å². The molecule has 3 aliphatic heterocycles. The van der Waals surface area contributed by atoms with Crippen molar-refractivity contribution in [3.63, 3.8) is 0 Å². The molecule has 3 atom stereocenters. The van der Waals surface area contributed by atoms with Crippen LogP contribution in [0.3, 0.4) is 0 Å². The average Bonchev–Trinajstić information content (AvgIpc) is 3.15. The van der Waals surface area contributed by atoms with E-state index in [-0.39, 0.29) is 36.7 Å². The summed E-state index contributed by atoms with van der Waals surface area (Å²) in [4.78, 5) is 21.8. The molecule has 1 aromatic carbocycles. The number of nitrogens with two attached hydrogens (primary N) is 2. The average molecular weight is 481 g/mol. The Labute approximate surface area is 181 Å². The Kier molecular flexibility index (Phi) is 4.77. The molecule has 16 heteroatoms. The Balaban J connectivity index is 1.71. The normalized spacial score (nSPS) is 28.4. The fraction of sp³-hybridized carbons (Fsp3) is 0.471. The second-order valence-corrected chi connectivity index (χ2v) is 7.74. The third-order valence-electron chi connectivity index (χ3n) is 5.84. The van der Waals surface area contributed by atoms with Gasteiger partial charge in [-0.2, -0.15) is 26.3 Å². The molecule has 0 aliphatic carbocycles. The van der Waals surface area contributed by atoms with E-state index in [1.54, 1.807) is 0 Å². The van der Waals surface area contributed by atoms with Gasteiger partial charge >= 0.3 is 12.4 Å². The highest BCUT2D eigenvalue weighted by Gasteiger charge is 2.71. The van der Waals surface area contributed by atoms with E-state index >= 15 is 0 Å². The molecule has 0 aromatic heterocycles. The molecule has 1 saturated heterocycles. The highest BCUT2D eigenvalue weighted by atomic mass is 19.4. The minimum atomic E-state index is -5.16. The van der Waals surface area contributed by atoms with Gasteiger partial charge in [0.05, 0.1) is 23.2 Å². The molecule has 1 aromatic rings. The molecule has 3 heterocycles. The van der Waals surface area contributed by atoms with Crippen LogP contribution in [0.1, 0.15) is 21.5 Å². The summed E-state index contributed by atoms with van der Waals surface area (Å²) >= 11 is 0. The Hall–Kier alpha value is -3.27. The first-order valence-electron chi connectivity index (χ1n) is 9.32. The topological polar surface area (TPSA) is 162 Å². The van der Waals surface area contributed by atoms with Gasteiger partial charge in [0, 0.05) is 6.54 Å². The minimum Gasteiger partial charge on any atom is -0.370 e. The largest absolute Gasteiger partial charge is 0.417 e. The van der Waals surface area contributed by atoms with E-state index in [9.17, 15) is 41.4 Å². The van der Waals surface area contributed by atoms with Crippen LogP contribution in [0.25, 0.3) is 0 Å². The van der Waals surface area contributed by atoms with E-state index in [1.165, 1.54) is 0 Å². The lowest BCUT2D eigenvalue weighted by Crippen LogP contribution is -2.76. The van der Waals surface area contributed by atoms with Crippen molar-refractivity contribution in [3.05, 3.63) is 34.9 Å². The second kappa shape index (κ2) is 6.86. The van der Waals surface area contributed by atoms with E-state index < -0.39 is 65.0 Å². The lowest BCUT2D eigenvalue weighted by Gasteiger charge is -2.46. The summed E-state index contributed by atoms with van der Waals surface area (Å²) in [7, 11) is 0. The van der Waals surface area contributed by atoms with Gasteiger partial charge in [-0.05, 0) is 18.2 Å². The van der Waals surface area contributed by atoms with Crippen LogP contribution in [0.15, 0.2) is 28.2 Å². The van der Waals surface area contributed by atoms with Gasteiger partial charge in [0.2, 0.25) is 5.79 Å². The predicted octanol–water partition coefficient (Wildman–Crippen LogP) is -0.870. The molecular formula is C17H17F6N7O3. The predicted molar refractivity (Wildman–Crippen MR) is 99.3 cm³/mol. The summed E-state index contributed by atoms with van der Waals surface area (Å²) in [5.41, 5.74) is 5.12. The number of nitrogens with zero attached hydrogens (tertiary/aromatic N) is 3. The van der Waals surface area contributed by atoms with E-state index in [1.807, 2.05) is 5.32 Å². The molecular weight excluding hydrogens is 464 g/mol. The smallest absolute Gasteiger partial charge is 0.370 e. The summed E-state index contributed by atoms with van der Waals surface area (Å²) in [6, 6.07) is -2.33. The zero-order chi connectivity index (χ0) is 24.6. The Morgan fingerprint density at radius 2 is 1.85 bits per heavy atom. The highest BCUT2D eigenvalue weighted by Crippen LogP contribution is 2.43. The minimum absolute atomic E-state index is 0.0443. The molecule has 8 N–H and O–H groups in total. The molecule has 0 radical (unpaired) electrons. The number of carbonyl (C=O) groups excluding carboxylic acids is 1. The van der Waals surface area contributed by atoms with E-state index in [0.29, 0.717) is 0 Å². The van der Waals surface area contributed by atoms with Crippen LogP contribution in [-0.4, -0.2) is 69.6 Å². The number of carbonyl (C=O) groups is 1. The Morgan fingerprint density at radius 1 is 1.18 bits per heavy atom. The fourth-order valence-corrected chi connectivity index (χ4v) is 4.33. The number of amides is 1. The van der Waals surface area contributed by atoms with E-state index in [2.05, 4.69) is 15.3 Å². The molecule has 10 nitrogen and oxygen atoms in total. The first-order valence-corrected chi connectivity index (χ1v) is 9.32. The van der Waals surface area contributed by atoms with Crippen LogP contribution in [0.2, 0.25) is 0 Å². The molecule has 3 aliphatic rings. The number of nitrogens with one attached hydrogen (secondary N) is 2. The molecule has 1 fully saturated rings. The number of halogens is 6. The van der Waals surface area contributed by atoms with Gasteiger partial charge < -0.3 is 37.2 Å². The van der Waals surface area contributed by atoms with Crippen LogP contribution in [0.5, 0.6) is 0 Å². The maximum Gasteiger partial charge on any atom is 0.417 e. The number of guanidine groups is 2. The SMILES string of the molecule is NC1=NC2CN=C(N)N3CC(NC(=O)c4cc(C(F)(F)F)ccc4C(F)(F)F)C(O)(O)C23N1. The summed E-state index contributed by atoms with van der Waals surface area (Å²) in [6.45, 7) is -0.591. The summed E-state index contributed by atoms with van der Waals surface area (Å²) in [5, 5.41) is 26.5. The molecule has 4 rings (SSSR count). The lowest BCUT2D eigenvalue weighted by molar-refractivity contribution is -0.228. The van der Waals surface area contributed by atoms with Crippen molar-refractivity contribution in [3.8, 4) is 0 Å². The van der Waals surface area contributed by atoms with E-state index in [4.69, 9.17) is 11.5 Å². The maximum atomic E-state index is 13.4. The third-order valence-corrected chi connectivity index (χ3v) is 5.84. The van der Waals surface area contributed by atoms with Crippen molar-refractivity contribution in [2.24, 2.45) is 21.5 Å². The number of aliphatic hydroxyl groups is 2. The van der Waals surface area contributed by atoms with Crippen molar-refractivity contribution in [1.29, 1.82) is 0 Å². The molecule has 0 bridgehead atoms. The number of hydrogen-bond acceptors (Lipinski definition) is 9. The number of alkyl halides is 6. The van der Waals surface area contributed by atoms with Crippen LogP contribution in [-0.2, 0) is 12.4 Å². The van der Waals surface area contributed by atoms with Gasteiger partial charge in [0.25, 0.3) is 5.91 Å². The quantitative estimate of drug-likeness (QED) is 0.236. The standard InChI is InChI=1S/C17H17F6N7O3/c18-16(19,20)6-1-2-8(17(21,22)23)7(3-6)11(31)27-10-5-30-13(25)26-4-9-14(30,15(10,32)33)29-12(24)28-9/h1-3,9-10,32-33H,4-5H2,(H2,25,26)(H,27,31)(H3,24,28,29). The zero-order valence-corrected chi connectivity index (χ0v) is 16.4. The van der Waals surface area contributed by atoms with E-state index in [0.717, 1.165) is 4.90 Å². The first kappa shape index (κ1) is 22.9. The molecule has 33 heavy (non-hydrogen) atoms. The van der Waals surface area contributed by atoms with Crippen LogP contribution >= 0.6 is 0 Å². The Morgan fingerprint density at radius 3 is 2.45 bits per heavy atom. The first-order chi connectivity index (χ1) is 15.1. The van der Waals surface area contributed by atoms with Crippen molar-refractivity contribution in [1.82, 2.24) is 15.5 Å². The molecule has 1 spiro atoms. The maximum absolute atomic E-state index is 13.4. The van der Waals surface area contributed by atoms with Gasteiger partial charge in [-0.3, -0.25) is 9.79 Å². The lowest BCUT2D eigenvalue weighted by atomic mass is 9.89. The highest BCUT2D eigenvalue weighted by molar-refractivity contribution is 5.96. The molecule has 180 valence electrons. The summed E-state index contributed by atoms with van der Waals surface area (Å²) in [6.07, 6.45) is -10.2. The number of rotatable bonds is 2. The molecule has 0 saturated carbocycles. The monoisotopic (exact) mass is 481 g/mol. The van der Waals surface area contributed by atoms with Gasteiger partial charge in [0.1, 0.15) is 12.1 Å². The zero-order valence-electron chi connectivity index (χ0n) is 16.4. The fourth-order valence-electron chi connectivity index (χ4n) is 4.33. The van der Waals surface area contributed by atoms with Gasteiger partial charge in [-0.25, -0.2) is 4.99 Å². The number of benzene rings is 1. The van der Waals surface area contributed by atoms with Crippen molar-refractivity contribution >= 4 is 17.8 Å². The van der Waals surface area contributed by atoms with Gasteiger partial charge in [0.15, 0.2) is 17.6 Å². The van der Waals surface area contributed by atoms with Crippen LogP contribution < -0.4 is 22.1 Å². The van der Waals surface area contributed by atoms with Crippen LogP contribution in [0.4, 0.5) is 26.3 Å². The summed E-state index contributed by atoms with van der Waals surface area (Å²) in [5.74, 6) is -4.92.